The molecule has 0 radical (unpaired) electrons. The van der Waals surface area contributed by atoms with E-state index in [0.29, 0.717) is 29.7 Å². The maximum atomic E-state index is 9.05. The minimum Gasteiger partial charge on any atom is -0.396 e. The van der Waals surface area contributed by atoms with Crippen molar-refractivity contribution in [2.45, 2.75) is 11.8 Å². The largest absolute Gasteiger partial charge is 0.396 e. The van der Waals surface area contributed by atoms with Crippen LogP contribution in [0.3, 0.4) is 0 Å². The summed E-state index contributed by atoms with van der Waals surface area (Å²) in [5, 5.41) is 10.3. The average molecular weight is 247 g/mol. The van der Waals surface area contributed by atoms with Crippen LogP contribution in [0.1, 0.15) is 12.0 Å². The van der Waals surface area contributed by atoms with Gasteiger partial charge in [0.15, 0.2) is 0 Å². The second-order valence-corrected chi connectivity index (χ2v) is 4.71. The van der Waals surface area contributed by atoms with Crippen molar-refractivity contribution in [2.24, 2.45) is 0 Å². The summed E-state index contributed by atoms with van der Waals surface area (Å²) >= 11 is 12.0. The third-order valence-corrected chi connectivity index (χ3v) is 3.40. The van der Waals surface area contributed by atoms with E-state index in [1.165, 1.54) is 0 Å². The Kier molecular flexibility index (Phi) is 3.21. The molecular formula is C11H12Cl2O2. The number of benzene rings is 1. The lowest BCUT2D eigenvalue weighted by atomic mass is 9.76. The second kappa shape index (κ2) is 4.30. The molecule has 15 heavy (non-hydrogen) atoms. The van der Waals surface area contributed by atoms with E-state index >= 15 is 0 Å². The summed E-state index contributed by atoms with van der Waals surface area (Å²) < 4.78 is 5.23. The molecule has 2 rings (SSSR count). The average Bonchev–Trinajstić information content (AvgIpc) is 2.12. The molecular weight excluding hydrogens is 235 g/mol. The van der Waals surface area contributed by atoms with Gasteiger partial charge in [0, 0.05) is 22.1 Å². The van der Waals surface area contributed by atoms with Gasteiger partial charge in [-0.05, 0) is 24.1 Å². The van der Waals surface area contributed by atoms with Gasteiger partial charge in [0.1, 0.15) is 0 Å². The quantitative estimate of drug-likeness (QED) is 0.889. The molecule has 1 N–H and O–H groups in total. The fourth-order valence-electron chi connectivity index (χ4n) is 1.92. The van der Waals surface area contributed by atoms with Gasteiger partial charge < -0.3 is 9.84 Å². The highest BCUT2D eigenvalue weighted by molar-refractivity contribution is 6.35. The first-order chi connectivity index (χ1) is 7.18. The number of ether oxygens (including phenoxy) is 1. The standard InChI is InChI=1S/C11H12Cl2O2/c12-8-1-2-9(10(13)5-8)11(3-4-14)6-15-7-11/h1-2,5,14H,3-4,6-7H2. The fourth-order valence-corrected chi connectivity index (χ4v) is 2.53. The van der Waals surface area contributed by atoms with Crippen molar-refractivity contribution in [1.82, 2.24) is 0 Å². The zero-order valence-corrected chi connectivity index (χ0v) is 9.68. The maximum Gasteiger partial charge on any atom is 0.0587 e. The summed E-state index contributed by atoms with van der Waals surface area (Å²) in [5.41, 5.74) is 0.907. The molecule has 1 aromatic rings. The monoisotopic (exact) mass is 246 g/mol. The molecule has 0 unspecified atom stereocenters. The molecule has 82 valence electrons. The van der Waals surface area contributed by atoms with Crippen molar-refractivity contribution in [3.05, 3.63) is 33.8 Å². The lowest BCUT2D eigenvalue weighted by Crippen LogP contribution is -2.47. The number of hydrogen-bond acceptors (Lipinski definition) is 2. The van der Waals surface area contributed by atoms with Gasteiger partial charge in [0.25, 0.3) is 0 Å². The Labute approximate surface area is 98.8 Å². The van der Waals surface area contributed by atoms with Crippen LogP contribution in [0.15, 0.2) is 18.2 Å². The van der Waals surface area contributed by atoms with Crippen molar-refractivity contribution in [3.63, 3.8) is 0 Å². The Hall–Kier alpha value is -0.280. The molecule has 0 atom stereocenters. The fraction of sp³-hybridized carbons (Fsp3) is 0.455. The first kappa shape index (κ1) is 11.2. The molecule has 0 bridgehead atoms. The van der Waals surface area contributed by atoms with Crippen LogP contribution in [0.2, 0.25) is 10.0 Å². The Morgan fingerprint density at radius 3 is 2.53 bits per heavy atom. The highest BCUT2D eigenvalue weighted by Gasteiger charge is 2.41. The number of hydrogen-bond donors (Lipinski definition) is 1. The highest BCUT2D eigenvalue weighted by Crippen LogP contribution is 2.40. The Morgan fingerprint density at radius 2 is 2.07 bits per heavy atom. The van der Waals surface area contributed by atoms with E-state index in [2.05, 4.69) is 0 Å². The third-order valence-electron chi connectivity index (χ3n) is 2.85. The molecule has 1 aromatic carbocycles. The molecule has 0 aromatic heterocycles. The van der Waals surface area contributed by atoms with Gasteiger partial charge in [-0.2, -0.15) is 0 Å². The van der Waals surface area contributed by atoms with Crippen LogP contribution >= 0.6 is 23.2 Å². The Balaban J connectivity index is 2.34. The van der Waals surface area contributed by atoms with Gasteiger partial charge >= 0.3 is 0 Å². The molecule has 0 aliphatic carbocycles. The van der Waals surface area contributed by atoms with Gasteiger partial charge in [-0.15, -0.1) is 0 Å². The van der Waals surface area contributed by atoms with Crippen LogP contribution in [0.5, 0.6) is 0 Å². The molecule has 0 saturated carbocycles. The van der Waals surface area contributed by atoms with E-state index in [1.54, 1.807) is 6.07 Å². The molecule has 2 nitrogen and oxygen atoms in total. The molecule has 1 heterocycles. The van der Waals surface area contributed by atoms with E-state index in [0.717, 1.165) is 5.56 Å². The van der Waals surface area contributed by atoms with Crippen molar-refractivity contribution in [2.75, 3.05) is 19.8 Å². The zero-order valence-electron chi connectivity index (χ0n) is 8.17. The first-order valence-corrected chi connectivity index (χ1v) is 5.58. The van der Waals surface area contributed by atoms with Crippen molar-refractivity contribution in [3.8, 4) is 0 Å². The van der Waals surface area contributed by atoms with Gasteiger partial charge in [0.05, 0.1) is 13.2 Å². The number of aliphatic hydroxyl groups is 1. The van der Waals surface area contributed by atoms with Crippen LogP contribution < -0.4 is 0 Å². The predicted molar refractivity (Wildman–Crippen MR) is 60.7 cm³/mol. The topological polar surface area (TPSA) is 29.5 Å². The Morgan fingerprint density at radius 1 is 1.33 bits per heavy atom. The van der Waals surface area contributed by atoms with E-state index in [9.17, 15) is 0 Å². The van der Waals surface area contributed by atoms with Crippen molar-refractivity contribution < 1.29 is 9.84 Å². The summed E-state index contributed by atoms with van der Waals surface area (Å²) in [6.07, 6.45) is 0.675. The normalized spacial score (nSPS) is 18.6. The number of aliphatic hydroxyl groups excluding tert-OH is 1. The SMILES string of the molecule is OCCC1(c2ccc(Cl)cc2Cl)COC1. The summed E-state index contributed by atoms with van der Waals surface area (Å²) in [4.78, 5) is 0. The van der Waals surface area contributed by atoms with E-state index < -0.39 is 0 Å². The minimum atomic E-state index is -0.115. The first-order valence-electron chi connectivity index (χ1n) is 4.82. The minimum absolute atomic E-state index is 0.115. The van der Waals surface area contributed by atoms with Gasteiger partial charge in [-0.3, -0.25) is 0 Å². The smallest absolute Gasteiger partial charge is 0.0587 e. The van der Waals surface area contributed by atoms with Crippen LogP contribution in [0, 0.1) is 0 Å². The van der Waals surface area contributed by atoms with Crippen molar-refractivity contribution >= 4 is 23.2 Å². The Bertz CT molecular complexity index is 362. The highest BCUT2D eigenvalue weighted by atomic mass is 35.5. The molecule has 1 aliphatic rings. The van der Waals surface area contributed by atoms with E-state index in [-0.39, 0.29) is 12.0 Å². The van der Waals surface area contributed by atoms with Crippen LogP contribution in [-0.4, -0.2) is 24.9 Å². The van der Waals surface area contributed by atoms with Crippen LogP contribution in [0.4, 0.5) is 0 Å². The van der Waals surface area contributed by atoms with Crippen LogP contribution in [0.25, 0.3) is 0 Å². The van der Waals surface area contributed by atoms with E-state index in [4.69, 9.17) is 33.0 Å². The van der Waals surface area contributed by atoms with Crippen molar-refractivity contribution in [1.29, 1.82) is 0 Å². The second-order valence-electron chi connectivity index (χ2n) is 3.87. The summed E-state index contributed by atoms with van der Waals surface area (Å²) in [6.45, 7) is 1.38. The summed E-state index contributed by atoms with van der Waals surface area (Å²) in [6, 6.07) is 5.47. The predicted octanol–water partition coefficient (Wildman–Crippen LogP) is 2.64. The van der Waals surface area contributed by atoms with Gasteiger partial charge in [-0.1, -0.05) is 29.3 Å². The number of halogens is 2. The molecule has 0 amide bonds. The molecule has 4 heteroatoms. The molecule has 1 aliphatic heterocycles. The third kappa shape index (κ3) is 2.00. The number of rotatable bonds is 3. The van der Waals surface area contributed by atoms with Gasteiger partial charge in [-0.25, -0.2) is 0 Å². The zero-order chi connectivity index (χ0) is 10.9. The van der Waals surface area contributed by atoms with Gasteiger partial charge in [0.2, 0.25) is 0 Å². The summed E-state index contributed by atoms with van der Waals surface area (Å²) in [5.74, 6) is 0. The van der Waals surface area contributed by atoms with E-state index in [1.807, 2.05) is 12.1 Å². The molecule has 1 saturated heterocycles. The molecule has 0 spiro atoms. The molecule has 1 fully saturated rings. The lowest BCUT2D eigenvalue weighted by Gasteiger charge is -2.42. The van der Waals surface area contributed by atoms with Crippen LogP contribution in [-0.2, 0) is 10.2 Å². The lowest BCUT2D eigenvalue weighted by molar-refractivity contribution is -0.0700. The summed E-state index contributed by atoms with van der Waals surface area (Å²) in [7, 11) is 0. The maximum absolute atomic E-state index is 9.05.